The number of aliphatic hydroxyl groups excluding tert-OH is 1. The van der Waals surface area contributed by atoms with Crippen molar-refractivity contribution >= 4 is 28.9 Å². The minimum absolute atomic E-state index is 0.0165. The van der Waals surface area contributed by atoms with Crippen molar-refractivity contribution in [1.82, 2.24) is 15.1 Å². The number of hydrogen-bond donors (Lipinski definition) is 4. The van der Waals surface area contributed by atoms with Gasteiger partial charge in [0.2, 0.25) is 5.91 Å². The smallest absolute Gasteiger partial charge is 0.223 e. The van der Waals surface area contributed by atoms with Gasteiger partial charge in [-0.15, -0.1) is 0 Å². The summed E-state index contributed by atoms with van der Waals surface area (Å²) in [5.41, 5.74) is 6.94. The molecule has 13 heteroatoms. The van der Waals surface area contributed by atoms with Crippen LogP contribution in [0.2, 0.25) is 0 Å². The summed E-state index contributed by atoms with van der Waals surface area (Å²) in [6.45, 7) is 2.48. The van der Waals surface area contributed by atoms with Gasteiger partial charge in [-0.05, 0) is 44.0 Å². The Kier molecular flexibility index (Phi) is 8.64. The number of fused-ring (bicyclic) bond motifs is 1. The van der Waals surface area contributed by atoms with Crippen LogP contribution in [0.5, 0.6) is 11.5 Å². The molecule has 0 radical (unpaired) electrons. The standard InChI is InChI=1S/C28H33F2N7O4/c1-40-23-13-19-21(14-24(23)41-10-4-9-36-8-3-5-18(36)15-38)32-16-37(22-7-2-6-20(29)27(22)30)28(19)33-26-12-17(34-35-26)11-25(31)39/h2,6-7,12-14,18,32,38H,3-5,8-11,15-16H2,1H3,(H2,31,39)(H,34,35)/t18-/m0/s1. The van der Waals surface area contributed by atoms with Crippen LogP contribution < -0.4 is 25.4 Å². The number of nitrogens with one attached hydrogen (secondary N) is 2. The molecular formula is C28H33F2N7O4. The number of aromatic nitrogens is 2. The monoisotopic (exact) mass is 569 g/mol. The van der Waals surface area contributed by atoms with Gasteiger partial charge in [-0.3, -0.25) is 14.8 Å². The average molecular weight is 570 g/mol. The van der Waals surface area contributed by atoms with Gasteiger partial charge in [0.1, 0.15) is 5.84 Å². The van der Waals surface area contributed by atoms with Crippen LogP contribution in [0.1, 0.15) is 30.5 Å². The van der Waals surface area contributed by atoms with Crippen LogP contribution in [-0.4, -0.2) is 78.1 Å². The summed E-state index contributed by atoms with van der Waals surface area (Å²) in [5, 5.41) is 19.7. The highest BCUT2D eigenvalue weighted by Crippen LogP contribution is 2.38. The van der Waals surface area contributed by atoms with Gasteiger partial charge in [-0.1, -0.05) is 6.07 Å². The Balaban J connectivity index is 1.44. The van der Waals surface area contributed by atoms with Crippen LogP contribution in [0.15, 0.2) is 41.4 Å². The number of carbonyl (C=O) groups is 1. The molecule has 218 valence electrons. The summed E-state index contributed by atoms with van der Waals surface area (Å²) in [5.74, 6) is -1.07. The molecule has 0 unspecified atom stereocenters. The van der Waals surface area contributed by atoms with E-state index >= 15 is 0 Å². The van der Waals surface area contributed by atoms with Crippen LogP contribution in [-0.2, 0) is 11.2 Å². The number of nitrogens with zero attached hydrogens (tertiary/aromatic N) is 4. The van der Waals surface area contributed by atoms with Gasteiger partial charge in [-0.25, -0.2) is 13.8 Å². The predicted molar refractivity (Wildman–Crippen MR) is 150 cm³/mol. The largest absolute Gasteiger partial charge is 0.493 e. The molecule has 41 heavy (non-hydrogen) atoms. The molecule has 5 N–H and O–H groups in total. The number of H-pyrrole nitrogens is 1. The molecule has 1 atom stereocenters. The summed E-state index contributed by atoms with van der Waals surface area (Å²) in [6.07, 6.45) is 2.82. The molecule has 3 aromatic rings. The van der Waals surface area contributed by atoms with Crippen LogP contribution in [0.3, 0.4) is 0 Å². The number of aromatic amines is 1. The zero-order chi connectivity index (χ0) is 28.9. The van der Waals surface area contributed by atoms with Crippen LogP contribution in [0, 0.1) is 11.6 Å². The lowest BCUT2D eigenvalue weighted by molar-refractivity contribution is -0.117. The third kappa shape index (κ3) is 6.25. The van der Waals surface area contributed by atoms with E-state index in [2.05, 4.69) is 25.4 Å². The second-order valence-corrected chi connectivity index (χ2v) is 9.93. The number of methoxy groups -OCH3 is 1. The van der Waals surface area contributed by atoms with E-state index in [4.69, 9.17) is 15.2 Å². The van der Waals surface area contributed by atoms with Crippen LogP contribution in [0.4, 0.5) is 26.0 Å². The number of aliphatic hydroxyl groups is 1. The van der Waals surface area contributed by atoms with Crippen LogP contribution >= 0.6 is 0 Å². The SMILES string of the molecule is COc1cc2c(cc1OCCCN1CCC[C@H]1CO)NCN(c1cccc(F)c1F)C2=Nc1cc(CC(N)=O)[nH]n1. The number of nitrogens with two attached hydrogens (primary N) is 1. The fourth-order valence-electron chi connectivity index (χ4n) is 5.21. The Morgan fingerprint density at radius 3 is 2.90 bits per heavy atom. The molecule has 1 fully saturated rings. The maximum absolute atomic E-state index is 14.9. The molecule has 5 rings (SSSR count). The lowest BCUT2D eigenvalue weighted by Gasteiger charge is -2.33. The number of halogens is 2. The third-order valence-corrected chi connectivity index (χ3v) is 7.21. The van der Waals surface area contributed by atoms with Gasteiger partial charge in [0.15, 0.2) is 29.0 Å². The van der Waals surface area contributed by atoms with E-state index in [9.17, 15) is 18.7 Å². The van der Waals surface area contributed by atoms with Crippen molar-refractivity contribution in [2.75, 3.05) is 50.3 Å². The summed E-state index contributed by atoms with van der Waals surface area (Å²) in [7, 11) is 1.52. The topological polar surface area (TPSA) is 141 Å². The van der Waals surface area contributed by atoms with Gasteiger partial charge in [0.25, 0.3) is 0 Å². The fourth-order valence-corrected chi connectivity index (χ4v) is 5.21. The Morgan fingerprint density at radius 1 is 1.27 bits per heavy atom. The first-order valence-electron chi connectivity index (χ1n) is 13.4. The number of amidine groups is 1. The quantitative estimate of drug-likeness (QED) is 0.259. The number of benzene rings is 2. The van der Waals surface area contributed by atoms with E-state index < -0.39 is 17.5 Å². The van der Waals surface area contributed by atoms with E-state index in [0.29, 0.717) is 35.1 Å². The Morgan fingerprint density at radius 2 is 2.12 bits per heavy atom. The Bertz CT molecular complexity index is 1430. The van der Waals surface area contributed by atoms with Gasteiger partial charge in [-0.2, -0.15) is 5.10 Å². The number of hydrogen-bond acceptors (Lipinski definition) is 8. The highest BCUT2D eigenvalue weighted by Gasteiger charge is 2.29. The van der Waals surface area contributed by atoms with Crippen molar-refractivity contribution in [3.8, 4) is 11.5 Å². The summed E-state index contributed by atoms with van der Waals surface area (Å²) in [6, 6.07) is 9.21. The van der Waals surface area contributed by atoms with Crippen molar-refractivity contribution in [3.05, 3.63) is 59.3 Å². The number of anilines is 2. The second-order valence-electron chi connectivity index (χ2n) is 9.93. The molecule has 11 nitrogen and oxygen atoms in total. The fraction of sp³-hybridized carbons (Fsp3) is 0.393. The molecule has 2 aromatic carbocycles. The predicted octanol–water partition coefficient (Wildman–Crippen LogP) is 2.92. The highest BCUT2D eigenvalue weighted by molar-refractivity contribution is 6.16. The number of carbonyl (C=O) groups excluding carboxylic acids is 1. The maximum atomic E-state index is 14.9. The van der Waals surface area contributed by atoms with Gasteiger partial charge in [0, 0.05) is 36.0 Å². The number of aliphatic imine (C=N–C) groups is 1. The molecule has 2 aliphatic heterocycles. The molecular weight excluding hydrogens is 536 g/mol. The first-order valence-corrected chi connectivity index (χ1v) is 13.4. The molecule has 1 saturated heterocycles. The summed E-state index contributed by atoms with van der Waals surface area (Å²) < 4.78 is 40.8. The van der Waals surface area contributed by atoms with E-state index in [1.807, 2.05) is 0 Å². The molecule has 0 saturated carbocycles. The number of ether oxygens (including phenoxy) is 2. The first kappa shape index (κ1) is 28.3. The van der Waals surface area contributed by atoms with Crippen molar-refractivity contribution in [2.45, 2.75) is 31.7 Å². The number of amides is 1. The zero-order valence-electron chi connectivity index (χ0n) is 22.7. The van der Waals surface area contributed by atoms with E-state index in [-0.39, 0.29) is 43.1 Å². The van der Waals surface area contributed by atoms with Crippen molar-refractivity contribution in [2.24, 2.45) is 10.7 Å². The van der Waals surface area contributed by atoms with Crippen molar-refractivity contribution in [3.63, 3.8) is 0 Å². The minimum atomic E-state index is -1.02. The number of likely N-dealkylation sites (tertiary alicyclic amines) is 1. The van der Waals surface area contributed by atoms with Gasteiger partial charge < -0.3 is 30.5 Å². The van der Waals surface area contributed by atoms with Gasteiger partial charge >= 0.3 is 0 Å². The Hall–Kier alpha value is -4.23. The molecule has 2 aliphatic rings. The molecule has 0 spiro atoms. The first-order chi connectivity index (χ1) is 19.9. The average Bonchev–Trinajstić information content (AvgIpc) is 3.61. The minimum Gasteiger partial charge on any atom is -0.493 e. The molecule has 3 heterocycles. The number of rotatable bonds is 11. The maximum Gasteiger partial charge on any atom is 0.223 e. The van der Waals surface area contributed by atoms with E-state index in [1.165, 1.54) is 24.1 Å². The highest BCUT2D eigenvalue weighted by atomic mass is 19.2. The third-order valence-electron chi connectivity index (χ3n) is 7.21. The van der Waals surface area contributed by atoms with Gasteiger partial charge in [0.05, 0.1) is 44.8 Å². The van der Waals surface area contributed by atoms with Crippen molar-refractivity contribution in [1.29, 1.82) is 0 Å². The molecule has 0 bridgehead atoms. The zero-order valence-corrected chi connectivity index (χ0v) is 22.7. The lowest BCUT2D eigenvalue weighted by Crippen LogP contribution is -2.41. The molecule has 0 aliphatic carbocycles. The van der Waals surface area contributed by atoms with E-state index in [0.717, 1.165) is 38.4 Å². The lowest BCUT2D eigenvalue weighted by atomic mass is 10.1. The van der Waals surface area contributed by atoms with Crippen molar-refractivity contribution < 1.29 is 28.2 Å². The summed E-state index contributed by atoms with van der Waals surface area (Å²) in [4.78, 5) is 19.8. The van der Waals surface area contributed by atoms with Crippen LogP contribution in [0.25, 0.3) is 0 Å². The normalized spacial score (nSPS) is 17.9. The second kappa shape index (κ2) is 12.5. The molecule has 1 aromatic heterocycles. The Labute approximate surface area is 235 Å². The molecule has 1 amide bonds. The van der Waals surface area contributed by atoms with E-state index in [1.54, 1.807) is 18.2 Å². The number of primary amides is 1. The summed E-state index contributed by atoms with van der Waals surface area (Å²) >= 11 is 0.